The molecule has 0 aromatic carbocycles. The maximum absolute atomic E-state index is 4.34. The molecule has 0 spiro atoms. The van der Waals surface area contributed by atoms with E-state index in [1.165, 1.54) is 9.58 Å². The van der Waals surface area contributed by atoms with Crippen LogP contribution in [0.2, 0.25) is 0 Å². The first kappa shape index (κ1) is 9.54. The van der Waals surface area contributed by atoms with Crippen LogP contribution in [0.25, 0.3) is 10.2 Å². The molecule has 3 heterocycles. The minimum Gasteiger partial charge on any atom is -0.338 e. The Morgan fingerprint density at radius 1 is 1.31 bits per heavy atom. The highest BCUT2D eigenvalue weighted by Gasteiger charge is 2.05. The molecule has 0 unspecified atom stereocenters. The predicted octanol–water partition coefficient (Wildman–Crippen LogP) is 2.62. The van der Waals surface area contributed by atoms with E-state index in [2.05, 4.69) is 26.7 Å². The van der Waals surface area contributed by atoms with Gasteiger partial charge in [0.1, 0.15) is 5.82 Å². The fraction of sp³-hybridized carbons (Fsp3) is 0.167. The summed E-state index contributed by atoms with van der Waals surface area (Å²) in [4.78, 5) is 9.98. The number of hydrogen-bond donors (Lipinski definition) is 0. The van der Waals surface area contributed by atoms with Crippen molar-refractivity contribution in [3.05, 3.63) is 47.5 Å². The maximum Gasteiger partial charge on any atom is 0.113 e. The average Bonchev–Trinajstić information content (AvgIpc) is 2.85. The molecule has 0 N–H and O–H groups in total. The Morgan fingerprint density at radius 2 is 2.25 bits per heavy atom. The van der Waals surface area contributed by atoms with Gasteiger partial charge in [-0.25, -0.2) is 4.98 Å². The van der Waals surface area contributed by atoms with Crippen molar-refractivity contribution in [2.45, 2.75) is 6.42 Å². The summed E-state index contributed by atoms with van der Waals surface area (Å²) in [6, 6.07) is 6.23. The van der Waals surface area contributed by atoms with Crippen LogP contribution < -0.4 is 0 Å². The molecule has 0 atom stereocenters. The lowest BCUT2D eigenvalue weighted by atomic mass is 10.3. The summed E-state index contributed by atoms with van der Waals surface area (Å²) in [7, 11) is 2.02. The Labute approximate surface area is 97.4 Å². The second-order valence-corrected chi connectivity index (χ2v) is 4.90. The molecule has 0 bridgehead atoms. The third-order valence-electron chi connectivity index (χ3n) is 2.59. The minimum absolute atomic E-state index is 0.879. The van der Waals surface area contributed by atoms with Crippen molar-refractivity contribution < 1.29 is 0 Å². The van der Waals surface area contributed by atoms with Gasteiger partial charge in [0.2, 0.25) is 0 Å². The molecule has 0 amide bonds. The van der Waals surface area contributed by atoms with Gasteiger partial charge in [-0.1, -0.05) is 0 Å². The number of thiophene rings is 1. The summed E-state index contributed by atoms with van der Waals surface area (Å²) in [5.41, 5.74) is 1.08. The summed E-state index contributed by atoms with van der Waals surface area (Å²) in [5.74, 6) is 1.09. The lowest BCUT2D eigenvalue weighted by molar-refractivity contribution is 0.826. The van der Waals surface area contributed by atoms with E-state index in [1.807, 2.05) is 31.7 Å². The van der Waals surface area contributed by atoms with Gasteiger partial charge in [-0.15, -0.1) is 11.3 Å². The van der Waals surface area contributed by atoms with Crippen LogP contribution in [0.15, 0.2) is 36.8 Å². The topological polar surface area (TPSA) is 30.7 Å². The Hall–Kier alpha value is -1.68. The van der Waals surface area contributed by atoms with Crippen LogP contribution >= 0.6 is 11.3 Å². The van der Waals surface area contributed by atoms with Gasteiger partial charge >= 0.3 is 0 Å². The van der Waals surface area contributed by atoms with Crippen LogP contribution in [-0.4, -0.2) is 14.5 Å². The van der Waals surface area contributed by atoms with E-state index in [4.69, 9.17) is 0 Å². The number of aromatic nitrogens is 3. The van der Waals surface area contributed by atoms with Crippen molar-refractivity contribution in [2.75, 3.05) is 0 Å². The van der Waals surface area contributed by atoms with Crippen LogP contribution in [0.4, 0.5) is 0 Å². The van der Waals surface area contributed by atoms with Gasteiger partial charge in [0.05, 0.1) is 10.2 Å². The summed E-state index contributed by atoms with van der Waals surface area (Å²) in [6.07, 6.45) is 6.52. The van der Waals surface area contributed by atoms with E-state index in [0.29, 0.717) is 0 Å². The van der Waals surface area contributed by atoms with Crippen LogP contribution in [0, 0.1) is 0 Å². The summed E-state index contributed by atoms with van der Waals surface area (Å²) in [5, 5.41) is 0. The van der Waals surface area contributed by atoms with E-state index < -0.39 is 0 Å². The molecule has 0 saturated carbocycles. The zero-order chi connectivity index (χ0) is 11.0. The average molecular weight is 229 g/mol. The van der Waals surface area contributed by atoms with Crippen molar-refractivity contribution >= 4 is 21.6 Å². The number of imidazole rings is 1. The highest BCUT2D eigenvalue weighted by molar-refractivity contribution is 7.19. The number of hydrogen-bond acceptors (Lipinski definition) is 3. The molecule has 0 aliphatic heterocycles. The molecule has 0 saturated heterocycles. The number of aryl methyl sites for hydroxylation is 1. The molecular formula is C12H11N3S. The second kappa shape index (κ2) is 3.72. The van der Waals surface area contributed by atoms with Crippen molar-refractivity contribution in [3.8, 4) is 0 Å². The quantitative estimate of drug-likeness (QED) is 0.676. The van der Waals surface area contributed by atoms with E-state index >= 15 is 0 Å². The standard InChI is InChI=1S/C12H11N3S/c1-15-6-5-14-12(15)8-9-7-10-11(16-9)3-2-4-13-10/h2-7H,8H2,1H3. The van der Waals surface area contributed by atoms with Gasteiger partial charge in [-0.3, -0.25) is 4.98 Å². The first-order chi connectivity index (χ1) is 7.83. The van der Waals surface area contributed by atoms with Crippen LogP contribution in [0.3, 0.4) is 0 Å². The van der Waals surface area contributed by atoms with Crippen molar-refractivity contribution in [1.29, 1.82) is 0 Å². The molecule has 0 radical (unpaired) electrons. The zero-order valence-corrected chi connectivity index (χ0v) is 9.74. The zero-order valence-electron chi connectivity index (χ0n) is 8.92. The van der Waals surface area contributed by atoms with Gasteiger partial charge in [-0.2, -0.15) is 0 Å². The van der Waals surface area contributed by atoms with Gasteiger partial charge in [0.25, 0.3) is 0 Å². The molecule has 0 aliphatic rings. The smallest absolute Gasteiger partial charge is 0.113 e. The largest absolute Gasteiger partial charge is 0.338 e. The molecule has 3 rings (SSSR count). The normalized spacial score (nSPS) is 11.1. The molecule has 3 aromatic heterocycles. The number of fused-ring (bicyclic) bond motifs is 1. The highest BCUT2D eigenvalue weighted by Crippen LogP contribution is 2.25. The summed E-state index contributed by atoms with van der Waals surface area (Å²) >= 11 is 1.79. The fourth-order valence-corrected chi connectivity index (χ4v) is 2.75. The van der Waals surface area contributed by atoms with Crippen LogP contribution in [-0.2, 0) is 13.5 Å². The van der Waals surface area contributed by atoms with Gasteiger partial charge in [-0.05, 0) is 18.2 Å². The third kappa shape index (κ3) is 1.61. The first-order valence-electron chi connectivity index (χ1n) is 5.12. The van der Waals surface area contributed by atoms with Gasteiger partial charge in [0, 0.05) is 36.9 Å². The number of nitrogens with zero attached hydrogens (tertiary/aromatic N) is 3. The fourth-order valence-electron chi connectivity index (χ4n) is 1.73. The van der Waals surface area contributed by atoms with E-state index in [1.54, 1.807) is 11.3 Å². The molecule has 80 valence electrons. The number of rotatable bonds is 2. The first-order valence-corrected chi connectivity index (χ1v) is 5.94. The summed E-state index contributed by atoms with van der Waals surface area (Å²) < 4.78 is 3.30. The lowest BCUT2D eigenvalue weighted by Crippen LogP contribution is -1.96. The Bertz CT molecular complexity index is 591. The van der Waals surface area contributed by atoms with Crippen molar-refractivity contribution in [1.82, 2.24) is 14.5 Å². The van der Waals surface area contributed by atoms with E-state index in [-0.39, 0.29) is 0 Å². The minimum atomic E-state index is 0.879. The maximum atomic E-state index is 4.34. The molecule has 0 fully saturated rings. The lowest BCUT2D eigenvalue weighted by Gasteiger charge is -1.97. The van der Waals surface area contributed by atoms with E-state index in [0.717, 1.165) is 17.8 Å². The highest BCUT2D eigenvalue weighted by atomic mass is 32.1. The molecule has 16 heavy (non-hydrogen) atoms. The van der Waals surface area contributed by atoms with Crippen LogP contribution in [0.1, 0.15) is 10.7 Å². The Balaban J connectivity index is 1.98. The Morgan fingerprint density at radius 3 is 3.00 bits per heavy atom. The SMILES string of the molecule is Cn1ccnc1Cc1cc2ncccc2s1. The van der Waals surface area contributed by atoms with E-state index in [9.17, 15) is 0 Å². The second-order valence-electron chi connectivity index (χ2n) is 3.73. The van der Waals surface area contributed by atoms with Gasteiger partial charge in [0.15, 0.2) is 0 Å². The predicted molar refractivity (Wildman–Crippen MR) is 65.6 cm³/mol. The molecule has 3 nitrogen and oxygen atoms in total. The molecule has 3 aromatic rings. The number of pyridine rings is 1. The molecule has 0 aliphatic carbocycles. The van der Waals surface area contributed by atoms with Crippen molar-refractivity contribution in [2.24, 2.45) is 7.05 Å². The third-order valence-corrected chi connectivity index (χ3v) is 3.68. The summed E-state index contributed by atoms with van der Waals surface area (Å²) in [6.45, 7) is 0. The van der Waals surface area contributed by atoms with Crippen LogP contribution in [0.5, 0.6) is 0 Å². The molecular weight excluding hydrogens is 218 g/mol. The van der Waals surface area contributed by atoms with Gasteiger partial charge < -0.3 is 4.57 Å². The van der Waals surface area contributed by atoms with Crippen molar-refractivity contribution in [3.63, 3.8) is 0 Å². The Kier molecular flexibility index (Phi) is 2.22. The molecule has 4 heteroatoms. The monoisotopic (exact) mass is 229 g/mol.